The van der Waals surface area contributed by atoms with Crippen LogP contribution >= 0.6 is 0 Å². The molecule has 1 atom stereocenters. The quantitative estimate of drug-likeness (QED) is 0.923. The van der Waals surface area contributed by atoms with Gasteiger partial charge in [-0.2, -0.15) is 0 Å². The Morgan fingerprint density at radius 1 is 1.38 bits per heavy atom. The summed E-state index contributed by atoms with van der Waals surface area (Å²) in [7, 11) is 4.32. The third-order valence-electron chi connectivity index (χ3n) is 4.12. The molecule has 0 aliphatic carbocycles. The van der Waals surface area contributed by atoms with Crippen molar-refractivity contribution in [1.29, 1.82) is 0 Å². The van der Waals surface area contributed by atoms with Crippen LogP contribution in [0.1, 0.15) is 38.3 Å². The van der Waals surface area contributed by atoms with Crippen LogP contribution in [0.4, 0.5) is 5.82 Å². The molecule has 1 aromatic heterocycles. The Kier molecular flexibility index (Phi) is 4.89. The second-order valence-electron chi connectivity index (χ2n) is 7.44. The molecular formula is C17H30N4. The van der Waals surface area contributed by atoms with Crippen molar-refractivity contribution in [2.24, 2.45) is 0 Å². The second-order valence-corrected chi connectivity index (χ2v) is 7.44. The first-order valence-corrected chi connectivity index (χ1v) is 7.88. The van der Waals surface area contributed by atoms with Gasteiger partial charge in [0.1, 0.15) is 5.82 Å². The second kappa shape index (κ2) is 6.32. The number of hydrogen-bond donors (Lipinski definition) is 1. The highest BCUT2D eigenvalue weighted by atomic mass is 15.3. The zero-order valence-electron chi connectivity index (χ0n) is 14.4. The number of likely N-dealkylation sites (N-methyl/N-ethyl adjacent to an activating group) is 1. The summed E-state index contributed by atoms with van der Waals surface area (Å²) in [6, 6.07) is 2.91. The van der Waals surface area contributed by atoms with Crippen molar-refractivity contribution < 1.29 is 0 Å². The van der Waals surface area contributed by atoms with Gasteiger partial charge in [-0.1, -0.05) is 0 Å². The third kappa shape index (κ3) is 4.42. The minimum Gasteiger partial charge on any atom is -0.355 e. The summed E-state index contributed by atoms with van der Waals surface area (Å²) in [5, 5.41) is 3.52. The van der Waals surface area contributed by atoms with E-state index in [2.05, 4.69) is 63.0 Å². The molecule has 0 radical (unpaired) electrons. The lowest BCUT2D eigenvalue weighted by Crippen LogP contribution is -2.35. The highest BCUT2D eigenvalue weighted by molar-refractivity contribution is 5.48. The summed E-state index contributed by atoms with van der Waals surface area (Å²) in [5.41, 5.74) is 2.68. The number of rotatable bonds is 4. The molecule has 1 aliphatic heterocycles. The molecule has 21 heavy (non-hydrogen) atoms. The fraction of sp³-hybridized carbons (Fsp3) is 0.706. The third-order valence-corrected chi connectivity index (χ3v) is 4.12. The van der Waals surface area contributed by atoms with Crippen LogP contribution in [0.25, 0.3) is 0 Å². The summed E-state index contributed by atoms with van der Waals surface area (Å²) in [6.07, 6.45) is 3.24. The Labute approximate surface area is 129 Å². The lowest BCUT2D eigenvalue weighted by Gasteiger charge is -2.23. The fourth-order valence-electron chi connectivity index (χ4n) is 2.78. The van der Waals surface area contributed by atoms with Crippen molar-refractivity contribution in [3.8, 4) is 0 Å². The van der Waals surface area contributed by atoms with E-state index >= 15 is 0 Å². The number of pyridine rings is 1. The van der Waals surface area contributed by atoms with E-state index in [1.807, 2.05) is 6.20 Å². The molecule has 2 rings (SSSR count). The standard InChI is InChI=1S/C17H30N4/c1-13-9-14(11-19-17(2,3)4)10-18-16(13)21-8-7-15(12-21)20(5)6/h9-10,15,19H,7-8,11-12H2,1-6H3. The van der Waals surface area contributed by atoms with Crippen molar-refractivity contribution >= 4 is 5.82 Å². The molecule has 4 heteroatoms. The molecule has 1 aromatic rings. The predicted octanol–water partition coefficient (Wildman–Crippen LogP) is 2.42. The van der Waals surface area contributed by atoms with Gasteiger partial charge >= 0.3 is 0 Å². The van der Waals surface area contributed by atoms with Gasteiger partial charge in [0.2, 0.25) is 0 Å². The fourth-order valence-corrected chi connectivity index (χ4v) is 2.78. The maximum absolute atomic E-state index is 4.72. The van der Waals surface area contributed by atoms with Crippen molar-refractivity contribution in [3.05, 3.63) is 23.4 Å². The van der Waals surface area contributed by atoms with E-state index in [-0.39, 0.29) is 5.54 Å². The molecule has 1 N–H and O–H groups in total. The van der Waals surface area contributed by atoms with E-state index < -0.39 is 0 Å². The van der Waals surface area contributed by atoms with Crippen LogP contribution in [0.5, 0.6) is 0 Å². The highest BCUT2D eigenvalue weighted by Gasteiger charge is 2.25. The SMILES string of the molecule is Cc1cc(CNC(C)(C)C)cnc1N1CCC(N(C)C)C1. The normalized spacial score (nSPS) is 19.6. The van der Waals surface area contributed by atoms with Crippen LogP contribution in [0, 0.1) is 6.92 Å². The number of nitrogens with one attached hydrogen (secondary N) is 1. The van der Waals surface area contributed by atoms with Gasteiger partial charge in [0.05, 0.1) is 0 Å². The Hall–Kier alpha value is -1.13. The highest BCUT2D eigenvalue weighted by Crippen LogP contribution is 2.24. The smallest absolute Gasteiger partial charge is 0.131 e. The summed E-state index contributed by atoms with van der Waals surface area (Å²) in [6.45, 7) is 11.8. The molecule has 0 aromatic carbocycles. The van der Waals surface area contributed by atoms with Crippen molar-refractivity contribution in [1.82, 2.24) is 15.2 Å². The van der Waals surface area contributed by atoms with E-state index in [1.165, 1.54) is 17.5 Å². The first kappa shape index (κ1) is 16.2. The van der Waals surface area contributed by atoms with E-state index in [1.54, 1.807) is 0 Å². The summed E-state index contributed by atoms with van der Waals surface area (Å²) < 4.78 is 0. The van der Waals surface area contributed by atoms with Gasteiger partial charge in [0.25, 0.3) is 0 Å². The van der Waals surface area contributed by atoms with E-state index in [4.69, 9.17) is 4.98 Å². The van der Waals surface area contributed by atoms with Gasteiger partial charge in [-0.05, 0) is 65.4 Å². The Morgan fingerprint density at radius 3 is 2.62 bits per heavy atom. The van der Waals surface area contributed by atoms with Gasteiger partial charge in [0.15, 0.2) is 0 Å². The van der Waals surface area contributed by atoms with Crippen molar-refractivity contribution in [3.63, 3.8) is 0 Å². The van der Waals surface area contributed by atoms with Crippen molar-refractivity contribution in [2.75, 3.05) is 32.1 Å². The summed E-state index contributed by atoms with van der Waals surface area (Å²) >= 11 is 0. The van der Waals surface area contributed by atoms with E-state index in [0.717, 1.165) is 25.5 Å². The molecule has 0 spiro atoms. The van der Waals surface area contributed by atoms with Crippen LogP contribution in [0.2, 0.25) is 0 Å². The molecule has 1 unspecified atom stereocenters. The monoisotopic (exact) mass is 290 g/mol. The Bertz CT molecular complexity index is 476. The van der Waals surface area contributed by atoms with Crippen LogP contribution in [0.3, 0.4) is 0 Å². The molecule has 0 bridgehead atoms. The molecule has 2 heterocycles. The average Bonchev–Trinajstić information content (AvgIpc) is 2.85. The average molecular weight is 290 g/mol. The number of aromatic nitrogens is 1. The van der Waals surface area contributed by atoms with Crippen LogP contribution < -0.4 is 10.2 Å². The van der Waals surface area contributed by atoms with Gasteiger partial charge < -0.3 is 15.1 Å². The first-order chi connectivity index (χ1) is 9.76. The first-order valence-electron chi connectivity index (χ1n) is 7.88. The Balaban J connectivity index is 2.03. The number of hydrogen-bond acceptors (Lipinski definition) is 4. The van der Waals surface area contributed by atoms with Gasteiger partial charge in [-0.25, -0.2) is 4.98 Å². The molecule has 0 saturated carbocycles. The van der Waals surface area contributed by atoms with Gasteiger partial charge in [-0.3, -0.25) is 0 Å². The lowest BCUT2D eigenvalue weighted by atomic mass is 10.1. The van der Waals surface area contributed by atoms with Crippen molar-refractivity contribution in [2.45, 2.75) is 52.2 Å². The lowest BCUT2D eigenvalue weighted by molar-refractivity contribution is 0.315. The zero-order chi connectivity index (χ0) is 15.6. The molecule has 1 saturated heterocycles. The predicted molar refractivity (Wildman–Crippen MR) is 89.9 cm³/mol. The van der Waals surface area contributed by atoms with Gasteiger partial charge in [0, 0.05) is 37.4 Å². The van der Waals surface area contributed by atoms with Gasteiger partial charge in [-0.15, -0.1) is 0 Å². The van der Waals surface area contributed by atoms with Crippen LogP contribution in [0.15, 0.2) is 12.3 Å². The largest absolute Gasteiger partial charge is 0.355 e. The van der Waals surface area contributed by atoms with Crippen LogP contribution in [-0.2, 0) is 6.54 Å². The zero-order valence-corrected chi connectivity index (χ0v) is 14.4. The summed E-state index contributed by atoms with van der Waals surface area (Å²) in [5.74, 6) is 1.15. The molecule has 118 valence electrons. The number of aryl methyl sites for hydroxylation is 1. The topological polar surface area (TPSA) is 31.4 Å². The Morgan fingerprint density at radius 2 is 2.10 bits per heavy atom. The summed E-state index contributed by atoms with van der Waals surface area (Å²) in [4.78, 5) is 9.46. The molecule has 1 aliphatic rings. The minimum absolute atomic E-state index is 0.139. The molecular weight excluding hydrogens is 260 g/mol. The maximum atomic E-state index is 4.72. The molecule has 0 amide bonds. The maximum Gasteiger partial charge on any atom is 0.131 e. The van der Waals surface area contributed by atoms with Crippen LogP contribution in [-0.4, -0.2) is 48.6 Å². The van der Waals surface area contributed by atoms with E-state index in [0.29, 0.717) is 6.04 Å². The number of anilines is 1. The molecule has 1 fully saturated rings. The number of nitrogens with zero attached hydrogens (tertiary/aromatic N) is 3. The van der Waals surface area contributed by atoms with E-state index in [9.17, 15) is 0 Å². The minimum atomic E-state index is 0.139. The molecule has 4 nitrogen and oxygen atoms in total.